The van der Waals surface area contributed by atoms with Crippen LogP contribution in [0.5, 0.6) is 0 Å². The number of aryl methyl sites for hydroxylation is 2. The van der Waals surface area contributed by atoms with Crippen LogP contribution in [0.4, 0.5) is 0 Å². The summed E-state index contributed by atoms with van der Waals surface area (Å²) >= 11 is -0.826. The van der Waals surface area contributed by atoms with Crippen LogP contribution >= 0.6 is 17.0 Å². The molecule has 0 spiro atoms. The molecule has 3 aliphatic carbocycles. The molecule has 2 saturated carbocycles. The summed E-state index contributed by atoms with van der Waals surface area (Å²) in [5.74, 6) is 1.60. The van der Waals surface area contributed by atoms with E-state index >= 15 is 0 Å². The third-order valence-electron chi connectivity index (χ3n) is 7.79. The zero-order valence-corrected chi connectivity index (χ0v) is 22.5. The van der Waals surface area contributed by atoms with Gasteiger partial charge in [0.1, 0.15) is 0 Å². The molecule has 0 atom stereocenters. The molecule has 30 heavy (non-hydrogen) atoms. The molecule has 0 radical (unpaired) electrons. The van der Waals surface area contributed by atoms with Crippen molar-refractivity contribution in [3.05, 3.63) is 57.6 Å². The molecular formula is C27H34Cl2Zr. The van der Waals surface area contributed by atoms with Crippen molar-refractivity contribution in [2.24, 2.45) is 0 Å². The summed E-state index contributed by atoms with van der Waals surface area (Å²) in [7, 11) is 9.87. The van der Waals surface area contributed by atoms with Crippen molar-refractivity contribution in [3.8, 4) is 11.1 Å². The summed E-state index contributed by atoms with van der Waals surface area (Å²) in [4.78, 5) is 0. The van der Waals surface area contributed by atoms with Gasteiger partial charge in [0.25, 0.3) is 0 Å². The molecule has 0 aromatic heterocycles. The van der Waals surface area contributed by atoms with Gasteiger partial charge in [-0.3, -0.25) is 0 Å². The first kappa shape index (κ1) is 23.1. The Morgan fingerprint density at radius 2 is 1.00 bits per heavy atom. The zero-order chi connectivity index (χ0) is 21.1. The summed E-state index contributed by atoms with van der Waals surface area (Å²) in [6.45, 7) is 4.71. The molecule has 0 N–H and O–H groups in total. The van der Waals surface area contributed by atoms with Crippen LogP contribution in [0.3, 0.4) is 0 Å². The van der Waals surface area contributed by atoms with Gasteiger partial charge in [-0.25, -0.2) is 0 Å². The molecule has 0 aliphatic heterocycles. The van der Waals surface area contributed by atoms with E-state index in [0.29, 0.717) is 0 Å². The van der Waals surface area contributed by atoms with Gasteiger partial charge >= 0.3 is 37.9 Å². The van der Waals surface area contributed by atoms with E-state index < -0.39 is 20.8 Å². The van der Waals surface area contributed by atoms with E-state index in [4.69, 9.17) is 17.0 Å². The van der Waals surface area contributed by atoms with Crippen LogP contribution in [-0.2, 0) is 27.3 Å². The van der Waals surface area contributed by atoms with E-state index in [-0.39, 0.29) is 0 Å². The monoisotopic (exact) mass is 518 g/mol. The van der Waals surface area contributed by atoms with Crippen molar-refractivity contribution in [2.45, 2.75) is 96.3 Å². The number of fused-ring (bicyclic) bond motifs is 3. The third-order valence-corrected chi connectivity index (χ3v) is 7.79. The van der Waals surface area contributed by atoms with Gasteiger partial charge in [0.15, 0.2) is 0 Å². The van der Waals surface area contributed by atoms with Crippen LogP contribution in [0.2, 0.25) is 0 Å². The van der Waals surface area contributed by atoms with Crippen LogP contribution < -0.4 is 0 Å². The van der Waals surface area contributed by atoms with Crippen LogP contribution in [0.15, 0.2) is 24.3 Å². The van der Waals surface area contributed by atoms with E-state index in [1.165, 1.54) is 75.3 Å². The molecule has 0 bridgehead atoms. The van der Waals surface area contributed by atoms with Gasteiger partial charge in [-0.05, 0) is 102 Å². The summed E-state index contributed by atoms with van der Waals surface area (Å²) in [6.07, 6.45) is 15.3. The maximum absolute atomic E-state index is 4.93. The standard InChI is InChI=1S/C27H34.2ClH.Zr/c1-18-13-22(20-9-5-3-6-10-20)15-26-24(18)17-25-19(2)14-23(16-27(25)26)21-11-7-4-8-12-21;;;/h13-16,20-21H,3-12,17H2,1-2H3;2*1H;/q;;;+2/p-2. The predicted molar refractivity (Wildman–Crippen MR) is 128 cm³/mol. The molecule has 3 aliphatic rings. The van der Waals surface area contributed by atoms with E-state index in [2.05, 4.69) is 38.1 Å². The first-order chi connectivity index (χ1) is 14.6. The van der Waals surface area contributed by atoms with Crippen LogP contribution in [-0.4, -0.2) is 0 Å². The summed E-state index contributed by atoms with van der Waals surface area (Å²) < 4.78 is 0. The van der Waals surface area contributed by atoms with E-state index in [1.54, 1.807) is 33.4 Å². The minimum atomic E-state index is -0.826. The fourth-order valence-electron chi connectivity index (χ4n) is 6.16. The van der Waals surface area contributed by atoms with Crippen molar-refractivity contribution in [3.63, 3.8) is 0 Å². The normalized spacial score (nSPS) is 18.9. The zero-order valence-electron chi connectivity index (χ0n) is 18.5. The van der Waals surface area contributed by atoms with Gasteiger partial charge in [0, 0.05) is 0 Å². The maximum atomic E-state index is 4.93. The molecule has 2 aromatic carbocycles. The predicted octanol–water partition coefficient (Wildman–Crippen LogP) is 9.35. The van der Waals surface area contributed by atoms with Crippen LogP contribution in [0.25, 0.3) is 11.1 Å². The van der Waals surface area contributed by atoms with Gasteiger partial charge in [-0.15, -0.1) is 0 Å². The van der Waals surface area contributed by atoms with E-state index in [1.807, 2.05) is 0 Å². The molecule has 2 aromatic rings. The average Bonchev–Trinajstić information content (AvgIpc) is 3.16. The van der Waals surface area contributed by atoms with E-state index in [9.17, 15) is 0 Å². The molecule has 0 unspecified atom stereocenters. The molecule has 160 valence electrons. The first-order valence-corrected chi connectivity index (χ1v) is 18.2. The van der Waals surface area contributed by atoms with Crippen molar-refractivity contribution in [1.29, 1.82) is 0 Å². The third kappa shape index (κ3) is 4.95. The summed E-state index contributed by atoms with van der Waals surface area (Å²) in [6, 6.07) is 10.2. The second kappa shape index (κ2) is 10.7. The molecular weight excluding hydrogens is 486 g/mol. The number of rotatable bonds is 2. The fourth-order valence-corrected chi connectivity index (χ4v) is 6.16. The van der Waals surface area contributed by atoms with Crippen molar-refractivity contribution in [1.82, 2.24) is 0 Å². The van der Waals surface area contributed by atoms with Crippen molar-refractivity contribution in [2.75, 3.05) is 0 Å². The Morgan fingerprint density at radius 1 is 0.633 bits per heavy atom. The van der Waals surface area contributed by atoms with Crippen molar-refractivity contribution < 1.29 is 20.8 Å². The Balaban J connectivity index is 0.000000687. The van der Waals surface area contributed by atoms with Crippen molar-refractivity contribution >= 4 is 17.0 Å². The molecule has 5 rings (SSSR count). The quantitative estimate of drug-likeness (QED) is 0.316. The van der Waals surface area contributed by atoms with Crippen LogP contribution in [0, 0.1) is 13.8 Å². The van der Waals surface area contributed by atoms with Crippen LogP contribution in [0.1, 0.15) is 109 Å². The molecule has 0 saturated heterocycles. The van der Waals surface area contributed by atoms with Gasteiger partial charge in [-0.2, -0.15) is 0 Å². The Labute approximate surface area is 201 Å². The Hall–Kier alpha value is -0.0969. The molecule has 0 amide bonds. The van der Waals surface area contributed by atoms with E-state index in [0.717, 1.165) is 18.3 Å². The van der Waals surface area contributed by atoms with Gasteiger partial charge in [0.2, 0.25) is 0 Å². The molecule has 3 heteroatoms. The molecule has 2 fully saturated rings. The fraction of sp³-hybridized carbons (Fsp3) is 0.556. The average molecular weight is 521 g/mol. The Kier molecular flexibility index (Phi) is 8.21. The second-order valence-corrected chi connectivity index (χ2v) is 13.4. The van der Waals surface area contributed by atoms with Gasteiger partial charge in [0.05, 0.1) is 0 Å². The first-order valence-electron chi connectivity index (χ1n) is 11.9. The summed E-state index contributed by atoms with van der Waals surface area (Å²) in [5, 5.41) is 0. The topological polar surface area (TPSA) is 0 Å². The number of hydrogen-bond acceptors (Lipinski definition) is 0. The van der Waals surface area contributed by atoms with Gasteiger partial charge < -0.3 is 0 Å². The number of hydrogen-bond donors (Lipinski definition) is 0. The molecule has 0 heterocycles. The summed E-state index contributed by atoms with van der Waals surface area (Å²) in [5.41, 5.74) is 12.7. The number of benzene rings is 2. The second-order valence-electron chi connectivity index (χ2n) is 9.65. The Morgan fingerprint density at radius 3 is 1.37 bits per heavy atom. The Bertz CT molecular complexity index is 805. The SMILES string of the molecule is Cc1cc(C2CCCCC2)cc2c1Cc1c(C)cc(C3CCCCC3)cc1-2.[Cl][Zr][Cl]. The molecule has 0 nitrogen and oxygen atoms in total. The minimum absolute atomic E-state index is 0.800. The number of halogens is 2. The van der Waals surface area contributed by atoms with Gasteiger partial charge in [-0.1, -0.05) is 62.8 Å².